The number of benzene rings is 1. The van der Waals surface area contributed by atoms with E-state index in [1.165, 1.54) is 11.8 Å². The molecule has 1 heterocycles. The fraction of sp³-hybridized carbons (Fsp3) is 0.312. The van der Waals surface area contributed by atoms with Crippen LogP contribution in [0.4, 0.5) is 0 Å². The minimum absolute atomic E-state index is 0.0315. The van der Waals surface area contributed by atoms with Crippen molar-refractivity contribution in [3.63, 3.8) is 0 Å². The highest BCUT2D eigenvalue weighted by atomic mass is 79.9. The molecule has 0 aliphatic carbocycles. The maximum atomic E-state index is 12.1. The van der Waals surface area contributed by atoms with Crippen molar-refractivity contribution in [2.24, 2.45) is 0 Å². The predicted molar refractivity (Wildman–Crippen MR) is 92.9 cm³/mol. The van der Waals surface area contributed by atoms with Crippen molar-refractivity contribution < 1.29 is 4.79 Å². The molecule has 0 saturated carbocycles. The van der Waals surface area contributed by atoms with Crippen LogP contribution in [0.15, 0.2) is 40.0 Å². The van der Waals surface area contributed by atoms with Crippen LogP contribution in [0.25, 0.3) is 0 Å². The summed E-state index contributed by atoms with van der Waals surface area (Å²) in [6.45, 7) is 5.82. The van der Waals surface area contributed by atoms with Crippen LogP contribution >= 0.6 is 27.7 Å². The first-order chi connectivity index (χ1) is 10.5. The van der Waals surface area contributed by atoms with Gasteiger partial charge in [0.1, 0.15) is 0 Å². The maximum Gasteiger partial charge on any atom is 0.230 e. The molecule has 0 spiro atoms. The summed E-state index contributed by atoms with van der Waals surface area (Å²) in [4.78, 5) is 20.7. The van der Waals surface area contributed by atoms with Gasteiger partial charge in [-0.15, -0.1) is 0 Å². The average molecular weight is 380 g/mol. The monoisotopic (exact) mass is 379 g/mol. The summed E-state index contributed by atoms with van der Waals surface area (Å²) in [7, 11) is 0. The first-order valence-electron chi connectivity index (χ1n) is 6.94. The quantitative estimate of drug-likeness (QED) is 0.633. The third-order valence-corrected chi connectivity index (χ3v) is 4.61. The highest BCUT2D eigenvalue weighted by Crippen LogP contribution is 2.23. The summed E-state index contributed by atoms with van der Waals surface area (Å²) in [6, 6.07) is 9.74. The third kappa shape index (κ3) is 4.81. The Hall–Kier alpha value is -1.40. The van der Waals surface area contributed by atoms with Crippen LogP contribution in [0, 0.1) is 13.8 Å². The molecule has 0 fully saturated rings. The number of nitrogens with zero attached hydrogens (tertiary/aromatic N) is 2. The van der Waals surface area contributed by atoms with Crippen molar-refractivity contribution in [1.29, 1.82) is 0 Å². The fourth-order valence-corrected chi connectivity index (χ4v) is 3.46. The zero-order valence-corrected chi connectivity index (χ0v) is 15.2. The van der Waals surface area contributed by atoms with Crippen LogP contribution in [0.5, 0.6) is 0 Å². The van der Waals surface area contributed by atoms with E-state index in [1.54, 1.807) is 0 Å². The number of carbonyl (C=O) groups is 1. The molecule has 1 atom stereocenters. The lowest BCUT2D eigenvalue weighted by Gasteiger charge is -2.15. The zero-order chi connectivity index (χ0) is 16.1. The fourth-order valence-electron chi connectivity index (χ4n) is 2.08. The van der Waals surface area contributed by atoms with Gasteiger partial charge in [-0.25, -0.2) is 9.97 Å². The van der Waals surface area contributed by atoms with E-state index in [-0.39, 0.29) is 11.9 Å². The van der Waals surface area contributed by atoms with Crippen molar-refractivity contribution in [1.82, 2.24) is 15.3 Å². The summed E-state index contributed by atoms with van der Waals surface area (Å²) >= 11 is 4.85. The average Bonchev–Trinajstić information content (AvgIpc) is 2.44. The molecule has 2 aromatic rings. The minimum atomic E-state index is -0.0520. The molecule has 1 amide bonds. The molecule has 0 bridgehead atoms. The number of halogens is 1. The van der Waals surface area contributed by atoms with Gasteiger partial charge >= 0.3 is 0 Å². The summed E-state index contributed by atoms with van der Waals surface area (Å²) in [5, 5.41) is 3.63. The number of aryl methyl sites for hydroxylation is 2. The van der Waals surface area contributed by atoms with Gasteiger partial charge in [0, 0.05) is 15.9 Å². The Kier molecular flexibility index (Phi) is 5.97. The van der Waals surface area contributed by atoms with Gasteiger partial charge in [0.05, 0.1) is 11.8 Å². The van der Waals surface area contributed by atoms with Gasteiger partial charge in [-0.1, -0.05) is 45.9 Å². The lowest BCUT2D eigenvalue weighted by molar-refractivity contribution is -0.119. The van der Waals surface area contributed by atoms with Crippen LogP contribution in [0.2, 0.25) is 0 Å². The molecule has 0 aliphatic rings. The number of rotatable bonds is 5. The number of carbonyl (C=O) groups excluding carboxylic acids is 1. The van der Waals surface area contributed by atoms with Crippen LogP contribution in [0.3, 0.4) is 0 Å². The number of amides is 1. The van der Waals surface area contributed by atoms with Crippen LogP contribution in [-0.4, -0.2) is 21.6 Å². The second-order valence-corrected chi connectivity index (χ2v) is 6.83. The Morgan fingerprint density at radius 1 is 1.27 bits per heavy atom. The maximum absolute atomic E-state index is 12.1. The molecular formula is C16H18BrN3OS. The highest BCUT2D eigenvalue weighted by Gasteiger charge is 2.13. The van der Waals surface area contributed by atoms with E-state index in [2.05, 4.69) is 31.2 Å². The van der Waals surface area contributed by atoms with E-state index in [0.29, 0.717) is 10.9 Å². The molecule has 6 heteroatoms. The first-order valence-corrected chi connectivity index (χ1v) is 8.72. The van der Waals surface area contributed by atoms with Gasteiger partial charge in [-0.3, -0.25) is 4.79 Å². The van der Waals surface area contributed by atoms with Crippen LogP contribution in [0.1, 0.15) is 29.9 Å². The highest BCUT2D eigenvalue weighted by molar-refractivity contribution is 9.10. The van der Waals surface area contributed by atoms with Crippen molar-refractivity contribution >= 4 is 33.6 Å². The molecule has 2 rings (SSSR count). The third-order valence-electron chi connectivity index (χ3n) is 3.04. The Labute approximate surface area is 143 Å². The van der Waals surface area contributed by atoms with Crippen LogP contribution in [-0.2, 0) is 4.79 Å². The zero-order valence-electron chi connectivity index (χ0n) is 12.8. The number of thioether (sulfide) groups is 1. The standard InChI is InChI=1S/C16H18BrN3OS/c1-10-8-11(2)19-16(18-10)22-9-15(21)20-12(3)13-6-4-5-7-14(13)17/h4-8,12H,9H2,1-3H3,(H,20,21). The Balaban J connectivity index is 1.91. The molecule has 4 nitrogen and oxygen atoms in total. The topological polar surface area (TPSA) is 54.9 Å². The largest absolute Gasteiger partial charge is 0.349 e. The molecule has 1 unspecified atom stereocenters. The molecule has 1 aromatic carbocycles. The molecule has 1 N–H and O–H groups in total. The number of nitrogens with one attached hydrogen (secondary N) is 1. The predicted octanol–water partition coefficient (Wildman–Crippen LogP) is 3.83. The molecule has 1 aromatic heterocycles. The van der Waals surface area contributed by atoms with E-state index in [1.807, 2.05) is 51.1 Å². The first kappa shape index (κ1) is 17.0. The lowest BCUT2D eigenvalue weighted by Crippen LogP contribution is -2.28. The summed E-state index contributed by atoms with van der Waals surface area (Å²) in [6.07, 6.45) is 0. The van der Waals surface area contributed by atoms with Crippen molar-refractivity contribution in [2.75, 3.05) is 5.75 Å². The van der Waals surface area contributed by atoms with Crippen molar-refractivity contribution in [3.8, 4) is 0 Å². The Morgan fingerprint density at radius 2 is 1.91 bits per heavy atom. The lowest BCUT2D eigenvalue weighted by atomic mass is 10.1. The summed E-state index contributed by atoms with van der Waals surface area (Å²) in [5.41, 5.74) is 2.89. The number of hydrogen-bond donors (Lipinski definition) is 1. The molecule has 22 heavy (non-hydrogen) atoms. The second kappa shape index (κ2) is 7.74. The van der Waals surface area contributed by atoms with E-state index in [9.17, 15) is 4.79 Å². The molecule has 0 radical (unpaired) electrons. The van der Waals surface area contributed by atoms with Crippen molar-refractivity contribution in [2.45, 2.75) is 32.0 Å². The Morgan fingerprint density at radius 3 is 2.55 bits per heavy atom. The van der Waals surface area contributed by atoms with Gasteiger partial charge in [-0.2, -0.15) is 0 Å². The van der Waals surface area contributed by atoms with Gasteiger partial charge in [0.15, 0.2) is 5.16 Å². The van der Waals surface area contributed by atoms with Crippen molar-refractivity contribution in [3.05, 3.63) is 51.8 Å². The summed E-state index contributed by atoms with van der Waals surface area (Å²) in [5.74, 6) is 0.272. The molecule has 116 valence electrons. The van der Waals surface area contributed by atoms with Gasteiger partial charge < -0.3 is 5.32 Å². The number of hydrogen-bond acceptors (Lipinski definition) is 4. The second-order valence-electron chi connectivity index (χ2n) is 5.03. The normalized spacial score (nSPS) is 12.0. The SMILES string of the molecule is Cc1cc(C)nc(SCC(=O)NC(C)c2ccccc2Br)n1. The van der Waals surface area contributed by atoms with E-state index >= 15 is 0 Å². The number of aromatic nitrogens is 2. The van der Waals surface area contributed by atoms with Crippen LogP contribution < -0.4 is 5.32 Å². The summed E-state index contributed by atoms with van der Waals surface area (Å²) < 4.78 is 0.994. The van der Waals surface area contributed by atoms with E-state index in [4.69, 9.17) is 0 Å². The molecule has 0 saturated heterocycles. The molecular weight excluding hydrogens is 362 g/mol. The van der Waals surface area contributed by atoms with Gasteiger partial charge in [0.2, 0.25) is 5.91 Å². The Bertz CT molecular complexity index is 658. The molecule has 0 aliphatic heterocycles. The van der Waals surface area contributed by atoms with E-state index in [0.717, 1.165) is 21.4 Å². The minimum Gasteiger partial charge on any atom is -0.349 e. The smallest absolute Gasteiger partial charge is 0.230 e. The van der Waals surface area contributed by atoms with E-state index < -0.39 is 0 Å². The van der Waals surface area contributed by atoms with Gasteiger partial charge in [-0.05, 0) is 38.5 Å². The van der Waals surface area contributed by atoms with Gasteiger partial charge in [0.25, 0.3) is 0 Å².